The molecule has 0 saturated carbocycles. The standard InChI is InChI=1S/C12H20N2O5S2/c1-12(2,3)21(17,18)14-8-9-7-10(20(13,15)16)5-6-11(9)19-4/h5-7,14H,8H2,1-4H3,(H2,13,15,16). The van der Waals surface area contributed by atoms with E-state index in [4.69, 9.17) is 9.88 Å². The SMILES string of the molecule is COc1ccc(S(N)(=O)=O)cc1CNS(=O)(=O)C(C)(C)C. The molecule has 0 saturated heterocycles. The van der Waals surface area contributed by atoms with E-state index < -0.39 is 24.8 Å². The second kappa shape index (κ2) is 5.91. The van der Waals surface area contributed by atoms with E-state index in [1.807, 2.05) is 0 Å². The minimum Gasteiger partial charge on any atom is -0.496 e. The molecule has 0 bridgehead atoms. The third-order valence-corrected chi connectivity index (χ3v) is 5.89. The molecule has 0 aliphatic carbocycles. The largest absolute Gasteiger partial charge is 0.496 e. The van der Waals surface area contributed by atoms with Crippen LogP contribution < -0.4 is 14.6 Å². The van der Waals surface area contributed by atoms with Gasteiger partial charge in [-0.25, -0.2) is 26.7 Å². The van der Waals surface area contributed by atoms with Crippen molar-refractivity contribution in [1.82, 2.24) is 4.72 Å². The Hall–Kier alpha value is -1.16. The van der Waals surface area contributed by atoms with Gasteiger partial charge < -0.3 is 4.74 Å². The van der Waals surface area contributed by atoms with Crippen molar-refractivity contribution in [2.45, 2.75) is 37.0 Å². The molecule has 3 N–H and O–H groups in total. The molecule has 0 aromatic heterocycles. The molecule has 120 valence electrons. The van der Waals surface area contributed by atoms with E-state index in [2.05, 4.69) is 4.72 Å². The zero-order valence-corrected chi connectivity index (χ0v) is 14.0. The lowest BCUT2D eigenvalue weighted by molar-refractivity contribution is 0.408. The van der Waals surface area contributed by atoms with Crippen LogP contribution in [0.1, 0.15) is 26.3 Å². The van der Waals surface area contributed by atoms with Gasteiger partial charge in [-0.3, -0.25) is 0 Å². The number of nitrogens with one attached hydrogen (secondary N) is 1. The van der Waals surface area contributed by atoms with Gasteiger partial charge in [-0.2, -0.15) is 0 Å². The Kier molecular flexibility index (Phi) is 5.04. The smallest absolute Gasteiger partial charge is 0.238 e. The first-order chi connectivity index (χ1) is 9.38. The van der Waals surface area contributed by atoms with Gasteiger partial charge >= 0.3 is 0 Å². The molecule has 1 aromatic carbocycles. The lowest BCUT2D eigenvalue weighted by atomic mass is 10.2. The molecular formula is C12H20N2O5S2. The van der Waals surface area contributed by atoms with Gasteiger partial charge in [0, 0.05) is 12.1 Å². The summed E-state index contributed by atoms with van der Waals surface area (Å²) in [6.07, 6.45) is 0. The van der Waals surface area contributed by atoms with Crippen molar-refractivity contribution in [3.8, 4) is 5.75 Å². The lowest BCUT2D eigenvalue weighted by Crippen LogP contribution is -2.39. The fourth-order valence-electron chi connectivity index (χ4n) is 1.46. The number of ether oxygens (including phenoxy) is 1. The summed E-state index contributed by atoms with van der Waals surface area (Å²) in [6, 6.07) is 4.02. The molecule has 0 spiro atoms. The van der Waals surface area contributed by atoms with Crippen LogP contribution in [0.25, 0.3) is 0 Å². The number of rotatable bonds is 5. The first-order valence-electron chi connectivity index (χ1n) is 6.07. The van der Waals surface area contributed by atoms with Crippen LogP contribution in [0.15, 0.2) is 23.1 Å². The molecule has 0 aliphatic heterocycles. The molecule has 0 fully saturated rings. The molecule has 7 nitrogen and oxygen atoms in total. The minimum atomic E-state index is -3.87. The van der Waals surface area contributed by atoms with E-state index in [0.717, 1.165) is 0 Å². The maximum absolute atomic E-state index is 12.0. The van der Waals surface area contributed by atoms with E-state index in [1.165, 1.54) is 25.3 Å². The van der Waals surface area contributed by atoms with Crippen LogP contribution in [0.4, 0.5) is 0 Å². The Morgan fingerprint density at radius 2 is 1.76 bits per heavy atom. The van der Waals surface area contributed by atoms with Crippen molar-refractivity contribution in [1.29, 1.82) is 0 Å². The van der Waals surface area contributed by atoms with Gasteiger partial charge in [0.05, 0.1) is 16.8 Å². The second-order valence-corrected chi connectivity index (χ2v) is 9.54. The molecule has 0 heterocycles. The number of primary sulfonamides is 1. The van der Waals surface area contributed by atoms with E-state index >= 15 is 0 Å². The summed E-state index contributed by atoms with van der Waals surface area (Å²) in [5, 5.41) is 5.06. The predicted molar refractivity (Wildman–Crippen MR) is 79.9 cm³/mol. The normalized spacial score (nSPS) is 13.2. The van der Waals surface area contributed by atoms with Crippen molar-refractivity contribution in [3.63, 3.8) is 0 Å². The van der Waals surface area contributed by atoms with Crippen LogP contribution in [-0.4, -0.2) is 28.7 Å². The van der Waals surface area contributed by atoms with Crippen LogP contribution in [0, 0.1) is 0 Å². The Bertz CT molecular complexity index is 719. The van der Waals surface area contributed by atoms with E-state index in [9.17, 15) is 16.8 Å². The highest BCUT2D eigenvalue weighted by atomic mass is 32.2. The third-order valence-electron chi connectivity index (χ3n) is 2.84. The van der Waals surface area contributed by atoms with Gasteiger partial charge in [0.25, 0.3) is 0 Å². The topological polar surface area (TPSA) is 116 Å². The Morgan fingerprint density at radius 3 is 2.19 bits per heavy atom. The van der Waals surface area contributed by atoms with Crippen LogP contribution in [-0.2, 0) is 26.6 Å². The zero-order valence-electron chi connectivity index (χ0n) is 12.4. The van der Waals surface area contributed by atoms with Gasteiger partial charge in [0.1, 0.15) is 5.75 Å². The lowest BCUT2D eigenvalue weighted by Gasteiger charge is -2.20. The molecule has 0 amide bonds. The number of nitrogens with two attached hydrogens (primary N) is 1. The number of hydrogen-bond acceptors (Lipinski definition) is 5. The minimum absolute atomic E-state index is 0.0911. The second-order valence-electron chi connectivity index (χ2n) is 5.46. The van der Waals surface area contributed by atoms with Crippen molar-refractivity contribution in [2.75, 3.05) is 7.11 Å². The molecule has 1 aromatic rings. The molecule has 9 heteroatoms. The third kappa shape index (κ3) is 4.40. The summed E-state index contributed by atoms with van der Waals surface area (Å²) in [6.45, 7) is 4.60. The quantitative estimate of drug-likeness (QED) is 0.815. The first kappa shape index (κ1) is 17.9. The van der Waals surface area contributed by atoms with Crippen molar-refractivity contribution >= 4 is 20.0 Å². The average Bonchev–Trinajstić information content (AvgIpc) is 2.33. The van der Waals surface area contributed by atoms with Crippen LogP contribution in [0.2, 0.25) is 0 Å². The molecule has 0 aliphatic rings. The Labute approximate surface area is 125 Å². The van der Waals surface area contributed by atoms with E-state index in [1.54, 1.807) is 20.8 Å². The Morgan fingerprint density at radius 1 is 1.19 bits per heavy atom. The molecule has 0 radical (unpaired) electrons. The van der Waals surface area contributed by atoms with Gasteiger partial charge in [-0.1, -0.05) is 0 Å². The summed E-state index contributed by atoms with van der Waals surface area (Å²) in [7, 11) is -6.01. The van der Waals surface area contributed by atoms with Crippen molar-refractivity contribution in [3.05, 3.63) is 23.8 Å². The van der Waals surface area contributed by atoms with Gasteiger partial charge in [0.2, 0.25) is 20.0 Å². The molecular weight excluding hydrogens is 316 g/mol. The first-order valence-corrected chi connectivity index (χ1v) is 9.10. The van der Waals surface area contributed by atoms with E-state index in [-0.39, 0.29) is 11.4 Å². The van der Waals surface area contributed by atoms with E-state index in [0.29, 0.717) is 11.3 Å². The highest BCUT2D eigenvalue weighted by Gasteiger charge is 2.28. The number of benzene rings is 1. The highest BCUT2D eigenvalue weighted by Crippen LogP contribution is 2.23. The summed E-state index contributed by atoms with van der Waals surface area (Å²) >= 11 is 0. The summed E-state index contributed by atoms with van der Waals surface area (Å²) < 4.78 is 53.3. The zero-order chi connectivity index (χ0) is 16.5. The van der Waals surface area contributed by atoms with Crippen LogP contribution in [0.5, 0.6) is 5.75 Å². The summed E-state index contributed by atoms with van der Waals surface area (Å²) in [5.74, 6) is 0.374. The van der Waals surface area contributed by atoms with Gasteiger partial charge in [0.15, 0.2) is 0 Å². The predicted octanol–water partition coefficient (Wildman–Crippen LogP) is 0.561. The molecule has 0 unspecified atom stereocenters. The monoisotopic (exact) mass is 336 g/mol. The van der Waals surface area contributed by atoms with Gasteiger partial charge in [-0.05, 0) is 39.0 Å². The molecule has 1 rings (SSSR count). The summed E-state index contributed by atoms with van der Waals surface area (Å²) in [4.78, 5) is -0.103. The van der Waals surface area contributed by atoms with Gasteiger partial charge in [-0.15, -0.1) is 0 Å². The summed E-state index contributed by atoms with van der Waals surface area (Å²) in [5.41, 5.74) is 0.386. The fourth-order valence-corrected chi connectivity index (χ4v) is 2.80. The van der Waals surface area contributed by atoms with Crippen molar-refractivity contribution in [2.24, 2.45) is 5.14 Å². The molecule has 21 heavy (non-hydrogen) atoms. The molecule has 0 atom stereocenters. The fraction of sp³-hybridized carbons (Fsp3) is 0.500. The number of methoxy groups -OCH3 is 1. The maximum atomic E-state index is 12.0. The average molecular weight is 336 g/mol. The van der Waals surface area contributed by atoms with Crippen LogP contribution in [0.3, 0.4) is 0 Å². The Balaban J connectivity index is 3.13. The maximum Gasteiger partial charge on any atom is 0.238 e. The number of hydrogen-bond donors (Lipinski definition) is 2. The highest BCUT2D eigenvalue weighted by molar-refractivity contribution is 7.90. The number of sulfonamides is 2. The van der Waals surface area contributed by atoms with Crippen molar-refractivity contribution < 1.29 is 21.6 Å². The van der Waals surface area contributed by atoms with Crippen LogP contribution >= 0.6 is 0 Å².